The van der Waals surface area contributed by atoms with E-state index in [0.29, 0.717) is 13.2 Å². The summed E-state index contributed by atoms with van der Waals surface area (Å²) in [6.45, 7) is 9.02. The molecule has 1 saturated heterocycles. The number of rotatable bonds is 4. The van der Waals surface area contributed by atoms with E-state index in [-0.39, 0.29) is 18.1 Å². The van der Waals surface area contributed by atoms with Crippen LogP contribution in [-0.2, 0) is 9.47 Å². The summed E-state index contributed by atoms with van der Waals surface area (Å²) in [7, 11) is 0. The summed E-state index contributed by atoms with van der Waals surface area (Å²) in [6, 6.07) is 8.18. The van der Waals surface area contributed by atoms with Crippen LogP contribution in [0.4, 0.5) is 0 Å². The summed E-state index contributed by atoms with van der Waals surface area (Å²) in [6.07, 6.45) is 5.94. The van der Waals surface area contributed by atoms with Crippen molar-refractivity contribution in [3.05, 3.63) is 66.0 Å². The minimum Gasteiger partial charge on any atom is -0.493 e. The molecule has 2 aliphatic rings. The Hall–Kier alpha value is -2.00. The van der Waals surface area contributed by atoms with Crippen LogP contribution in [0, 0.1) is 0 Å². The van der Waals surface area contributed by atoms with Crippen LogP contribution in [0.15, 0.2) is 60.4 Å². The molecule has 0 N–H and O–H groups in total. The zero-order valence-electron chi connectivity index (χ0n) is 13.1. The first-order valence-corrected chi connectivity index (χ1v) is 7.74. The van der Waals surface area contributed by atoms with Crippen molar-refractivity contribution in [1.29, 1.82) is 0 Å². The molecule has 0 saturated carbocycles. The smallest absolute Gasteiger partial charge is 0.138 e. The Kier molecular flexibility index (Phi) is 4.34. The van der Waals surface area contributed by atoms with E-state index in [4.69, 9.17) is 14.2 Å². The maximum absolute atomic E-state index is 6.16. The van der Waals surface area contributed by atoms with Crippen LogP contribution in [0.25, 0.3) is 0 Å². The largest absolute Gasteiger partial charge is 0.493 e. The summed E-state index contributed by atoms with van der Waals surface area (Å²) in [5.74, 6) is 2.04. The van der Waals surface area contributed by atoms with E-state index in [1.807, 2.05) is 44.2 Å². The lowest BCUT2D eigenvalue weighted by Crippen LogP contribution is -2.31. The molecule has 0 aliphatic carbocycles. The van der Waals surface area contributed by atoms with Gasteiger partial charge in [0.05, 0.1) is 25.2 Å². The Labute approximate surface area is 131 Å². The Morgan fingerprint density at radius 3 is 2.95 bits per heavy atom. The SMILES string of the molecule is C=CC=C1/C(=C\COC(C)C)OCC2c3ccccc3OC12. The molecule has 2 atom stereocenters. The van der Waals surface area contributed by atoms with Crippen molar-refractivity contribution in [2.45, 2.75) is 32.0 Å². The molecule has 116 valence electrons. The molecule has 1 aromatic rings. The quantitative estimate of drug-likeness (QED) is 0.841. The van der Waals surface area contributed by atoms with Crippen molar-refractivity contribution in [3.63, 3.8) is 0 Å². The van der Waals surface area contributed by atoms with E-state index < -0.39 is 0 Å². The first-order chi connectivity index (χ1) is 10.7. The third-order valence-electron chi connectivity index (χ3n) is 3.94. The van der Waals surface area contributed by atoms with Gasteiger partial charge < -0.3 is 14.2 Å². The summed E-state index contributed by atoms with van der Waals surface area (Å²) < 4.78 is 17.7. The molecule has 0 bridgehead atoms. The fourth-order valence-corrected chi connectivity index (χ4v) is 2.93. The highest BCUT2D eigenvalue weighted by atomic mass is 16.5. The van der Waals surface area contributed by atoms with Gasteiger partial charge in [-0.15, -0.1) is 0 Å². The van der Waals surface area contributed by atoms with Crippen LogP contribution >= 0.6 is 0 Å². The van der Waals surface area contributed by atoms with Gasteiger partial charge in [0, 0.05) is 11.1 Å². The lowest BCUT2D eigenvalue weighted by molar-refractivity contribution is 0.0898. The topological polar surface area (TPSA) is 27.7 Å². The molecule has 1 fully saturated rings. The maximum atomic E-state index is 6.16. The van der Waals surface area contributed by atoms with Crippen LogP contribution in [0.1, 0.15) is 25.3 Å². The van der Waals surface area contributed by atoms with Crippen LogP contribution in [-0.4, -0.2) is 25.4 Å². The molecule has 0 aromatic heterocycles. The first kappa shape index (κ1) is 14.9. The molecule has 2 unspecified atom stereocenters. The van der Waals surface area contributed by atoms with Crippen molar-refractivity contribution in [1.82, 2.24) is 0 Å². The normalized spacial score (nSPS) is 26.5. The summed E-state index contributed by atoms with van der Waals surface area (Å²) in [5, 5.41) is 0. The van der Waals surface area contributed by atoms with E-state index in [1.54, 1.807) is 6.08 Å². The third-order valence-corrected chi connectivity index (χ3v) is 3.94. The van der Waals surface area contributed by atoms with Gasteiger partial charge in [-0.1, -0.05) is 36.9 Å². The van der Waals surface area contributed by atoms with Crippen molar-refractivity contribution in [2.75, 3.05) is 13.2 Å². The number of para-hydroxylation sites is 1. The minimum absolute atomic E-state index is 0.00514. The first-order valence-electron chi connectivity index (χ1n) is 7.74. The predicted molar refractivity (Wildman–Crippen MR) is 87.0 cm³/mol. The van der Waals surface area contributed by atoms with Crippen LogP contribution in [0.3, 0.4) is 0 Å². The van der Waals surface area contributed by atoms with Crippen molar-refractivity contribution >= 4 is 0 Å². The standard InChI is InChI=1S/C19H22O3/c1-4-7-15-17(10-11-20-13(2)3)21-12-16-14-8-5-6-9-18(14)22-19(15)16/h4-10,13,16,19H,1,11-12H2,2-3H3/b15-7?,17-10+. The average molecular weight is 298 g/mol. The van der Waals surface area contributed by atoms with E-state index in [9.17, 15) is 0 Å². The van der Waals surface area contributed by atoms with E-state index in [0.717, 1.165) is 17.1 Å². The number of hydrogen-bond acceptors (Lipinski definition) is 3. The number of allylic oxidation sites excluding steroid dienone is 2. The molecule has 0 radical (unpaired) electrons. The second-order valence-corrected chi connectivity index (χ2v) is 5.80. The Balaban J connectivity index is 1.85. The fraction of sp³-hybridized carbons (Fsp3) is 0.368. The Morgan fingerprint density at radius 2 is 2.18 bits per heavy atom. The van der Waals surface area contributed by atoms with Gasteiger partial charge in [0.25, 0.3) is 0 Å². The minimum atomic E-state index is -0.00514. The molecule has 3 heteroatoms. The van der Waals surface area contributed by atoms with Crippen LogP contribution in [0.2, 0.25) is 0 Å². The molecule has 0 amide bonds. The third kappa shape index (κ3) is 2.81. The second kappa shape index (κ2) is 6.41. The Bertz CT molecular complexity index is 613. The lowest BCUT2D eigenvalue weighted by Gasteiger charge is -2.30. The van der Waals surface area contributed by atoms with Gasteiger partial charge in [0.15, 0.2) is 0 Å². The van der Waals surface area contributed by atoms with Gasteiger partial charge in [0.1, 0.15) is 17.6 Å². The molecule has 2 aliphatic heterocycles. The molecule has 1 aromatic carbocycles. The van der Waals surface area contributed by atoms with E-state index in [1.165, 1.54) is 5.56 Å². The molecule has 3 rings (SSSR count). The number of ether oxygens (including phenoxy) is 3. The average Bonchev–Trinajstić information content (AvgIpc) is 2.88. The van der Waals surface area contributed by atoms with Crippen molar-refractivity contribution < 1.29 is 14.2 Å². The molecule has 22 heavy (non-hydrogen) atoms. The van der Waals surface area contributed by atoms with Gasteiger partial charge in [-0.05, 0) is 26.0 Å². The van der Waals surface area contributed by atoms with E-state index >= 15 is 0 Å². The number of benzene rings is 1. The molecule has 2 heterocycles. The molecule has 3 nitrogen and oxygen atoms in total. The fourth-order valence-electron chi connectivity index (χ4n) is 2.93. The van der Waals surface area contributed by atoms with E-state index in [2.05, 4.69) is 12.6 Å². The van der Waals surface area contributed by atoms with Gasteiger partial charge >= 0.3 is 0 Å². The highest BCUT2D eigenvalue weighted by Gasteiger charge is 2.41. The van der Waals surface area contributed by atoms with Gasteiger partial charge in [0.2, 0.25) is 0 Å². The summed E-state index contributed by atoms with van der Waals surface area (Å²) in [4.78, 5) is 0. The van der Waals surface area contributed by atoms with Crippen molar-refractivity contribution in [3.8, 4) is 5.75 Å². The second-order valence-electron chi connectivity index (χ2n) is 5.80. The molecular weight excluding hydrogens is 276 g/mol. The predicted octanol–water partition coefficient (Wildman–Crippen LogP) is 3.98. The number of hydrogen-bond donors (Lipinski definition) is 0. The number of fused-ring (bicyclic) bond motifs is 3. The van der Waals surface area contributed by atoms with Crippen molar-refractivity contribution in [2.24, 2.45) is 0 Å². The van der Waals surface area contributed by atoms with Gasteiger partial charge in [-0.2, -0.15) is 0 Å². The van der Waals surface area contributed by atoms with Crippen LogP contribution < -0.4 is 4.74 Å². The zero-order valence-corrected chi connectivity index (χ0v) is 13.1. The highest BCUT2D eigenvalue weighted by molar-refractivity contribution is 5.48. The monoisotopic (exact) mass is 298 g/mol. The highest BCUT2D eigenvalue weighted by Crippen LogP contribution is 2.45. The molecular formula is C19H22O3. The lowest BCUT2D eigenvalue weighted by atomic mass is 9.88. The zero-order chi connectivity index (χ0) is 15.5. The van der Waals surface area contributed by atoms with Crippen LogP contribution in [0.5, 0.6) is 5.75 Å². The Morgan fingerprint density at radius 1 is 1.36 bits per heavy atom. The maximum Gasteiger partial charge on any atom is 0.138 e. The van der Waals surface area contributed by atoms with Gasteiger partial charge in [-0.25, -0.2) is 0 Å². The summed E-state index contributed by atoms with van der Waals surface area (Å²) >= 11 is 0. The molecule has 0 spiro atoms. The van der Waals surface area contributed by atoms with Gasteiger partial charge in [-0.3, -0.25) is 0 Å². The summed E-state index contributed by atoms with van der Waals surface area (Å²) in [5.41, 5.74) is 2.26.